The third kappa shape index (κ3) is 11.5. The first-order valence-electron chi connectivity index (χ1n) is 3.82. The van der Waals surface area contributed by atoms with E-state index in [0.29, 0.717) is 5.57 Å². The summed E-state index contributed by atoms with van der Waals surface area (Å²) >= 11 is 4.64. The van der Waals surface area contributed by atoms with Gasteiger partial charge in [0.15, 0.2) is 0 Å². The van der Waals surface area contributed by atoms with Crippen LogP contribution in [0.4, 0.5) is 0 Å². The van der Waals surface area contributed by atoms with Gasteiger partial charge in [-0.15, -0.1) is 11.6 Å². The molecular weight excluding hydrogens is 190 g/mol. The maximum absolute atomic E-state index is 10.8. The van der Waals surface area contributed by atoms with Crippen molar-refractivity contribution in [2.75, 3.05) is 13.0 Å². The highest BCUT2D eigenvalue weighted by Crippen LogP contribution is 1.99. The van der Waals surface area contributed by atoms with Crippen molar-refractivity contribution in [1.82, 2.24) is 0 Å². The molecule has 0 rings (SSSR count). The third-order valence-electron chi connectivity index (χ3n) is 0.924. The second-order valence-electron chi connectivity index (χ2n) is 3.35. The highest BCUT2D eigenvalue weighted by molar-refractivity contribution is 6.15. The number of carbonyl (C=O) groups is 1. The SMILES string of the molecule is C=C(C)C(=O)OCC(C)(C)N.CCl. The number of rotatable bonds is 3. The summed E-state index contributed by atoms with van der Waals surface area (Å²) in [7, 11) is 0. The van der Waals surface area contributed by atoms with Crippen molar-refractivity contribution in [3.05, 3.63) is 12.2 Å². The Morgan fingerprint density at radius 1 is 1.54 bits per heavy atom. The molecule has 3 nitrogen and oxygen atoms in total. The van der Waals surface area contributed by atoms with Gasteiger partial charge in [-0.2, -0.15) is 0 Å². The number of esters is 1. The maximum atomic E-state index is 10.8. The van der Waals surface area contributed by atoms with Crippen molar-refractivity contribution in [3.63, 3.8) is 0 Å². The van der Waals surface area contributed by atoms with Gasteiger partial charge >= 0.3 is 5.97 Å². The second-order valence-corrected chi connectivity index (χ2v) is 3.35. The first kappa shape index (κ1) is 15.0. The Morgan fingerprint density at radius 3 is 2.15 bits per heavy atom. The molecule has 0 bridgehead atoms. The van der Waals surface area contributed by atoms with Crippen LogP contribution < -0.4 is 5.73 Å². The maximum Gasteiger partial charge on any atom is 0.333 e. The van der Waals surface area contributed by atoms with Gasteiger partial charge in [-0.05, 0) is 20.8 Å². The Bertz CT molecular complexity index is 173. The van der Waals surface area contributed by atoms with Crippen LogP contribution in [0.25, 0.3) is 0 Å². The number of nitrogens with two attached hydrogens (primary N) is 1. The molecule has 0 aliphatic rings. The van der Waals surface area contributed by atoms with E-state index in [4.69, 9.17) is 10.5 Å². The molecule has 0 spiro atoms. The van der Waals surface area contributed by atoms with E-state index in [1.807, 2.05) is 0 Å². The summed E-state index contributed by atoms with van der Waals surface area (Å²) < 4.78 is 4.80. The van der Waals surface area contributed by atoms with Crippen LogP contribution >= 0.6 is 11.6 Å². The van der Waals surface area contributed by atoms with Crippen molar-refractivity contribution in [2.24, 2.45) is 5.73 Å². The minimum absolute atomic E-state index is 0.221. The zero-order valence-corrected chi connectivity index (χ0v) is 9.44. The summed E-state index contributed by atoms with van der Waals surface area (Å²) in [6.45, 7) is 8.85. The lowest BCUT2D eigenvalue weighted by Gasteiger charge is -2.17. The van der Waals surface area contributed by atoms with Gasteiger partial charge in [-0.3, -0.25) is 0 Å². The first-order chi connectivity index (χ1) is 5.83. The summed E-state index contributed by atoms with van der Waals surface area (Å²) in [6.07, 6.45) is 1.47. The molecule has 2 N–H and O–H groups in total. The molecule has 4 heteroatoms. The van der Waals surface area contributed by atoms with Crippen molar-refractivity contribution < 1.29 is 9.53 Å². The number of hydrogen-bond donors (Lipinski definition) is 1. The van der Waals surface area contributed by atoms with E-state index in [0.717, 1.165) is 0 Å². The minimum atomic E-state index is -0.467. The van der Waals surface area contributed by atoms with E-state index in [1.54, 1.807) is 20.8 Å². The first-order valence-corrected chi connectivity index (χ1v) is 4.58. The molecule has 0 aromatic carbocycles. The number of hydrogen-bond acceptors (Lipinski definition) is 3. The van der Waals surface area contributed by atoms with Crippen molar-refractivity contribution in [3.8, 4) is 0 Å². The summed E-state index contributed by atoms with van der Waals surface area (Å²) in [5.74, 6) is -0.386. The average molecular weight is 208 g/mol. The highest BCUT2D eigenvalue weighted by atomic mass is 35.5. The second kappa shape index (κ2) is 6.92. The minimum Gasteiger partial charge on any atom is -0.460 e. The molecule has 0 amide bonds. The lowest BCUT2D eigenvalue weighted by molar-refractivity contribution is -0.140. The van der Waals surface area contributed by atoms with Crippen LogP contribution in [0.15, 0.2) is 12.2 Å². The predicted molar refractivity (Wildman–Crippen MR) is 55.8 cm³/mol. The Hall–Kier alpha value is -0.540. The van der Waals surface area contributed by atoms with Crippen LogP contribution in [0.2, 0.25) is 0 Å². The molecule has 0 aliphatic heterocycles. The number of carbonyl (C=O) groups excluding carboxylic acids is 1. The highest BCUT2D eigenvalue weighted by Gasteiger charge is 2.13. The van der Waals surface area contributed by atoms with Crippen LogP contribution in [0.1, 0.15) is 20.8 Å². The zero-order valence-electron chi connectivity index (χ0n) is 8.69. The van der Waals surface area contributed by atoms with Crippen LogP contribution in [0.5, 0.6) is 0 Å². The Kier molecular flexibility index (Phi) is 7.96. The molecule has 0 saturated carbocycles. The Labute approximate surface area is 84.9 Å². The monoisotopic (exact) mass is 207 g/mol. The summed E-state index contributed by atoms with van der Waals surface area (Å²) in [5, 5.41) is 0. The van der Waals surface area contributed by atoms with Gasteiger partial charge in [0.05, 0.1) is 0 Å². The summed E-state index contributed by atoms with van der Waals surface area (Å²) in [6, 6.07) is 0. The smallest absolute Gasteiger partial charge is 0.333 e. The molecule has 0 atom stereocenters. The number of alkyl halides is 1. The van der Waals surface area contributed by atoms with Crippen LogP contribution in [-0.4, -0.2) is 24.5 Å². The molecule has 0 aromatic rings. The fourth-order valence-electron chi connectivity index (χ4n) is 0.375. The largest absolute Gasteiger partial charge is 0.460 e. The Balaban J connectivity index is 0. The van der Waals surface area contributed by atoms with E-state index in [-0.39, 0.29) is 12.6 Å². The third-order valence-corrected chi connectivity index (χ3v) is 0.924. The summed E-state index contributed by atoms with van der Waals surface area (Å²) in [5.41, 5.74) is 5.51. The van der Waals surface area contributed by atoms with Gasteiger partial charge in [0.1, 0.15) is 6.61 Å². The molecule has 0 radical (unpaired) electrons. The quantitative estimate of drug-likeness (QED) is 0.436. The fraction of sp³-hybridized carbons (Fsp3) is 0.667. The van der Waals surface area contributed by atoms with Crippen molar-refractivity contribution >= 4 is 17.6 Å². The van der Waals surface area contributed by atoms with E-state index < -0.39 is 5.54 Å². The molecular formula is C9H18ClNO2. The normalized spacial score (nSPS) is 9.69. The topological polar surface area (TPSA) is 52.3 Å². The molecule has 0 fully saturated rings. The predicted octanol–water partition coefficient (Wildman–Crippen LogP) is 1.70. The molecule has 0 aliphatic carbocycles. The number of halogens is 1. The van der Waals surface area contributed by atoms with E-state index >= 15 is 0 Å². The molecule has 0 saturated heterocycles. The zero-order chi connectivity index (χ0) is 11.1. The van der Waals surface area contributed by atoms with Gasteiger partial charge in [0, 0.05) is 17.5 Å². The van der Waals surface area contributed by atoms with Crippen LogP contribution in [-0.2, 0) is 9.53 Å². The van der Waals surface area contributed by atoms with Crippen LogP contribution in [0, 0.1) is 0 Å². The lowest BCUT2D eigenvalue weighted by Crippen LogP contribution is -2.38. The van der Waals surface area contributed by atoms with E-state index in [1.165, 1.54) is 6.38 Å². The molecule has 0 heterocycles. The average Bonchev–Trinajstić information content (AvgIpc) is 2.02. The standard InChI is InChI=1S/C8H15NO2.CH3Cl/c1-6(2)7(10)11-5-8(3,4)9;1-2/h1,5,9H2,2-4H3;1H3. The van der Waals surface area contributed by atoms with Gasteiger partial charge in [-0.1, -0.05) is 6.58 Å². The molecule has 78 valence electrons. The fourth-order valence-corrected chi connectivity index (χ4v) is 0.375. The van der Waals surface area contributed by atoms with Gasteiger partial charge in [0.2, 0.25) is 0 Å². The van der Waals surface area contributed by atoms with Gasteiger partial charge < -0.3 is 10.5 Å². The van der Waals surface area contributed by atoms with Crippen LogP contribution in [0.3, 0.4) is 0 Å². The van der Waals surface area contributed by atoms with Crippen molar-refractivity contribution in [2.45, 2.75) is 26.3 Å². The summed E-state index contributed by atoms with van der Waals surface area (Å²) in [4.78, 5) is 10.8. The van der Waals surface area contributed by atoms with E-state index in [9.17, 15) is 4.79 Å². The van der Waals surface area contributed by atoms with Gasteiger partial charge in [-0.25, -0.2) is 4.79 Å². The molecule has 0 aromatic heterocycles. The number of ether oxygens (including phenoxy) is 1. The molecule has 13 heavy (non-hydrogen) atoms. The van der Waals surface area contributed by atoms with E-state index in [2.05, 4.69) is 18.2 Å². The van der Waals surface area contributed by atoms with Gasteiger partial charge in [0.25, 0.3) is 0 Å². The lowest BCUT2D eigenvalue weighted by atomic mass is 10.1. The molecule has 0 unspecified atom stereocenters. The Morgan fingerprint density at radius 2 is 1.92 bits per heavy atom. The van der Waals surface area contributed by atoms with Crippen molar-refractivity contribution in [1.29, 1.82) is 0 Å².